The minimum absolute atomic E-state index is 0.0298. The van der Waals surface area contributed by atoms with E-state index in [0.29, 0.717) is 11.5 Å². The minimum Gasteiger partial charge on any atom is -0.486 e. The van der Waals surface area contributed by atoms with Crippen molar-refractivity contribution in [1.29, 1.82) is 0 Å². The molecule has 4 rings (SSSR count). The molecule has 0 fully saturated rings. The van der Waals surface area contributed by atoms with Gasteiger partial charge in [0.25, 0.3) is 5.69 Å². The molecular weight excluding hydrogens is 462 g/mol. The maximum absolute atomic E-state index is 12.3. The summed E-state index contributed by atoms with van der Waals surface area (Å²) in [5, 5.41) is 13.2. The molecule has 0 aliphatic rings. The quantitative estimate of drug-likeness (QED) is 0.130. The Kier molecular flexibility index (Phi) is 5.95. The number of nitrogens with zero attached hydrogens (tertiary/aromatic N) is 1. The van der Waals surface area contributed by atoms with Gasteiger partial charge in [-0.15, -0.1) is 0 Å². The first kappa shape index (κ1) is 20.6. The van der Waals surface area contributed by atoms with Crippen molar-refractivity contribution in [3.05, 3.63) is 111 Å². The fourth-order valence-electron chi connectivity index (χ4n) is 3.09. The molecule has 0 unspecified atom stereocenters. The monoisotopic (exact) mass is 477 g/mol. The molecule has 0 aliphatic heterocycles. The highest BCUT2D eigenvalue weighted by Crippen LogP contribution is 2.25. The van der Waals surface area contributed by atoms with Crippen molar-refractivity contribution in [3.8, 4) is 5.75 Å². The number of ether oxygens (including phenoxy) is 1. The number of nitro benzene ring substituents is 1. The van der Waals surface area contributed by atoms with Crippen LogP contribution in [0.1, 0.15) is 21.9 Å². The number of hydrogen-bond donors (Lipinski definition) is 0. The molecule has 0 atom stereocenters. The maximum Gasteiger partial charge on any atom is 0.280 e. The zero-order chi connectivity index (χ0) is 21.8. The Morgan fingerprint density at radius 3 is 2.65 bits per heavy atom. The summed E-state index contributed by atoms with van der Waals surface area (Å²) in [5.41, 5.74) is -0.198. The van der Waals surface area contributed by atoms with E-state index in [1.54, 1.807) is 18.2 Å². The van der Waals surface area contributed by atoms with Crippen molar-refractivity contribution >= 4 is 44.2 Å². The number of carbonyl (C=O) groups excluding carboxylic acids is 1. The Balaban J connectivity index is 1.41. The summed E-state index contributed by atoms with van der Waals surface area (Å²) in [6, 6.07) is 21.2. The molecule has 154 valence electrons. The van der Waals surface area contributed by atoms with Crippen LogP contribution in [0.25, 0.3) is 16.8 Å². The molecule has 4 aromatic rings. The molecule has 7 heteroatoms. The molecule has 0 aliphatic carbocycles. The van der Waals surface area contributed by atoms with Crippen LogP contribution < -0.4 is 4.74 Å². The van der Waals surface area contributed by atoms with Gasteiger partial charge in [-0.05, 0) is 65.4 Å². The van der Waals surface area contributed by atoms with E-state index in [4.69, 9.17) is 9.15 Å². The summed E-state index contributed by atoms with van der Waals surface area (Å²) in [7, 11) is 0. The lowest BCUT2D eigenvalue weighted by atomic mass is 10.1. The Labute approximate surface area is 186 Å². The zero-order valence-electron chi connectivity index (χ0n) is 16.2. The van der Waals surface area contributed by atoms with Crippen LogP contribution in [0.4, 0.5) is 5.69 Å². The van der Waals surface area contributed by atoms with E-state index in [-0.39, 0.29) is 17.9 Å². The van der Waals surface area contributed by atoms with Gasteiger partial charge in [-0.2, -0.15) is 0 Å². The number of nitro groups is 1. The number of benzene rings is 3. The van der Waals surface area contributed by atoms with Gasteiger partial charge in [-0.25, -0.2) is 0 Å². The van der Waals surface area contributed by atoms with Gasteiger partial charge in [0, 0.05) is 10.5 Å². The summed E-state index contributed by atoms with van der Waals surface area (Å²) in [4.78, 5) is 22.8. The molecule has 0 saturated carbocycles. The van der Waals surface area contributed by atoms with Crippen LogP contribution in [0, 0.1) is 10.1 Å². The number of furan rings is 1. The maximum atomic E-state index is 12.3. The summed E-state index contributed by atoms with van der Waals surface area (Å²) in [6.45, 7) is 0.230. The molecule has 1 heterocycles. The second-order valence-electron chi connectivity index (χ2n) is 6.72. The van der Waals surface area contributed by atoms with E-state index in [9.17, 15) is 14.9 Å². The molecule has 0 N–H and O–H groups in total. The second-order valence-corrected chi connectivity index (χ2v) is 7.63. The molecule has 0 bridgehead atoms. The van der Waals surface area contributed by atoms with Gasteiger partial charge in [0.15, 0.2) is 5.78 Å². The van der Waals surface area contributed by atoms with E-state index in [2.05, 4.69) is 15.9 Å². The predicted molar refractivity (Wildman–Crippen MR) is 121 cm³/mol. The van der Waals surface area contributed by atoms with Gasteiger partial charge in [0.1, 0.15) is 23.9 Å². The van der Waals surface area contributed by atoms with Gasteiger partial charge < -0.3 is 9.15 Å². The third-order valence-corrected chi connectivity index (χ3v) is 5.10. The van der Waals surface area contributed by atoms with Crippen molar-refractivity contribution in [2.45, 2.75) is 6.61 Å². The Bertz CT molecular complexity index is 1310. The lowest BCUT2D eigenvalue weighted by Crippen LogP contribution is -2.00. The predicted octanol–water partition coefficient (Wildman–Crippen LogP) is 6.58. The highest BCUT2D eigenvalue weighted by molar-refractivity contribution is 9.10. The van der Waals surface area contributed by atoms with E-state index >= 15 is 0 Å². The number of hydrogen-bond acceptors (Lipinski definition) is 5. The molecule has 0 spiro atoms. The normalized spacial score (nSPS) is 11.1. The summed E-state index contributed by atoms with van der Waals surface area (Å²) >= 11 is 3.46. The minimum atomic E-state index is -0.574. The largest absolute Gasteiger partial charge is 0.486 e. The molecule has 0 radical (unpaired) electrons. The summed E-state index contributed by atoms with van der Waals surface area (Å²) in [5.74, 6) is 1.29. The van der Waals surface area contributed by atoms with E-state index in [1.807, 2.05) is 36.4 Å². The van der Waals surface area contributed by atoms with Crippen LogP contribution in [-0.4, -0.2) is 10.7 Å². The Morgan fingerprint density at radius 2 is 1.81 bits per heavy atom. The number of rotatable bonds is 7. The first-order valence-corrected chi connectivity index (χ1v) is 10.2. The standard InChI is InChI=1S/C24H16BrNO5/c25-18-7-5-17-14-20(8-6-16(17)13-18)30-15-21-10-9-19(31-21)11-12-24(27)22-3-1-2-4-23(22)26(28)29/h1-14H,15H2/b12-11+. The van der Waals surface area contributed by atoms with Crippen molar-refractivity contribution in [1.82, 2.24) is 0 Å². The Morgan fingerprint density at radius 1 is 1.03 bits per heavy atom. The number of para-hydroxylation sites is 1. The van der Waals surface area contributed by atoms with Gasteiger partial charge in [0.2, 0.25) is 0 Å². The first-order valence-electron chi connectivity index (χ1n) is 9.36. The van der Waals surface area contributed by atoms with Crippen LogP contribution in [0.5, 0.6) is 5.75 Å². The highest BCUT2D eigenvalue weighted by atomic mass is 79.9. The Hall–Kier alpha value is -3.71. The van der Waals surface area contributed by atoms with Gasteiger partial charge >= 0.3 is 0 Å². The molecule has 6 nitrogen and oxygen atoms in total. The number of allylic oxidation sites excluding steroid dienone is 1. The SMILES string of the molecule is O=C(/C=C/c1ccc(COc2ccc3cc(Br)ccc3c2)o1)c1ccccc1[N+](=O)[O-]. The summed E-state index contributed by atoms with van der Waals surface area (Å²) in [6.07, 6.45) is 2.74. The van der Waals surface area contributed by atoms with Crippen LogP contribution in [0.2, 0.25) is 0 Å². The van der Waals surface area contributed by atoms with Crippen molar-refractivity contribution in [2.24, 2.45) is 0 Å². The molecule has 3 aromatic carbocycles. The van der Waals surface area contributed by atoms with Crippen LogP contribution in [0.3, 0.4) is 0 Å². The molecule has 1 aromatic heterocycles. The number of carbonyl (C=O) groups is 1. The lowest BCUT2D eigenvalue weighted by Gasteiger charge is -2.06. The fourth-order valence-corrected chi connectivity index (χ4v) is 3.47. The highest BCUT2D eigenvalue weighted by Gasteiger charge is 2.17. The van der Waals surface area contributed by atoms with Crippen LogP contribution >= 0.6 is 15.9 Å². The molecule has 0 amide bonds. The van der Waals surface area contributed by atoms with E-state index in [0.717, 1.165) is 21.0 Å². The number of fused-ring (bicyclic) bond motifs is 1. The zero-order valence-corrected chi connectivity index (χ0v) is 17.7. The topological polar surface area (TPSA) is 82.6 Å². The van der Waals surface area contributed by atoms with E-state index < -0.39 is 10.7 Å². The van der Waals surface area contributed by atoms with E-state index in [1.165, 1.54) is 30.4 Å². The van der Waals surface area contributed by atoms with Crippen LogP contribution in [-0.2, 0) is 6.61 Å². The average molecular weight is 478 g/mol. The average Bonchev–Trinajstić information content (AvgIpc) is 3.24. The fraction of sp³-hybridized carbons (Fsp3) is 0.0417. The van der Waals surface area contributed by atoms with Gasteiger partial charge in [0.05, 0.1) is 10.5 Å². The van der Waals surface area contributed by atoms with Crippen molar-refractivity contribution in [3.63, 3.8) is 0 Å². The first-order chi connectivity index (χ1) is 15.0. The molecule has 0 saturated heterocycles. The number of ketones is 1. The van der Waals surface area contributed by atoms with Crippen LogP contribution in [0.15, 0.2) is 87.8 Å². The third-order valence-electron chi connectivity index (χ3n) is 4.60. The smallest absolute Gasteiger partial charge is 0.280 e. The third kappa shape index (κ3) is 4.90. The number of halogens is 1. The summed E-state index contributed by atoms with van der Waals surface area (Å²) < 4.78 is 12.5. The second kappa shape index (κ2) is 8.97. The van der Waals surface area contributed by atoms with Crippen molar-refractivity contribution in [2.75, 3.05) is 0 Å². The molecule has 31 heavy (non-hydrogen) atoms. The molecular formula is C24H16BrNO5. The lowest BCUT2D eigenvalue weighted by molar-refractivity contribution is -0.385. The van der Waals surface area contributed by atoms with Gasteiger partial charge in [-0.3, -0.25) is 14.9 Å². The van der Waals surface area contributed by atoms with Crippen molar-refractivity contribution < 1.29 is 18.9 Å². The van der Waals surface area contributed by atoms with Gasteiger partial charge in [-0.1, -0.05) is 40.2 Å².